The number of hydrogen-bond acceptors (Lipinski definition) is 1. The Morgan fingerprint density at radius 1 is 1.20 bits per heavy atom. The van der Waals surface area contributed by atoms with Gasteiger partial charge in [0.15, 0.2) is 4.77 Å². The molecule has 3 rings (SSSR count). The van der Waals surface area contributed by atoms with Crippen LogP contribution in [-0.2, 0) is 13.0 Å². The van der Waals surface area contributed by atoms with Crippen molar-refractivity contribution in [1.29, 1.82) is 0 Å². The second-order valence-electron chi connectivity index (χ2n) is 4.58. The van der Waals surface area contributed by atoms with Gasteiger partial charge in [0.1, 0.15) is 5.82 Å². The highest BCUT2D eigenvalue weighted by Crippen LogP contribution is 2.20. The molecule has 102 valence electrons. The fourth-order valence-electron chi connectivity index (χ4n) is 2.28. The van der Waals surface area contributed by atoms with E-state index in [2.05, 4.69) is 20.9 Å². The Hall–Kier alpha value is -1.46. The average molecular weight is 351 g/mol. The molecule has 2 aromatic carbocycles. The van der Waals surface area contributed by atoms with Crippen molar-refractivity contribution in [2.75, 3.05) is 0 Å². The monoisotopic (exact) mass is 350 g/mol. The van der Waals surface area contributed by atoms with Gasteiger partial charge in [-0.25, -0.2) is 4.39 Å². The Balaban J connectivity index is 1.95. The number of halogens is 2. The van der Waals surface area contributed by atoms with Gasteiger partial charge in [-0.3, -0.25) is 0 Å². The zero-order valence-electron chi connectivity index (χ0n) is 10.6. The van der Waals surface area contributed by atoms with E-state index in [1.54, 1.807) is 6.07 Å². The Morgan fingerprint density at radius 3 is 2.80 bits per heavy atom. The normalized spacial score (nSPS) is 11.1. The fourth-order valence-corrected chi connectivity index (χ4v) is 2.93. The second kappa shape index (κ2) is 5.50. The number of rotatable bonds is 3. The van der Waals surface area contributed by atoms with Crippen molar-refractivity contribution in [3.05, 3.63) is 63.1 Å². The van der Waals surface area contributed by atoms with E-state index in [1.807, 2.05) is 34.9 Å². The molecule has 0 atom stereocenters. The maximum atomic E-state index is 13.6. The van der Waals surface area contributed by atoms with Gasteiger partial charge in [0.2, 0.25) is 0 Å². The van der Waals surface area contributed by atoms with E-state index in [0.717, 1.165) is 15.5 Å². The minimum Gasteiger partial charge on any atom is -0.331 e. The number of nitrogens with zero attached hydrogens (tertiary/aromatic N) is 1. The van der Waals surface area contributed by atoms with Gasteiger partial charge in [0.25, 0.3) is 0 Å². The molecule has 5 heteroatoms. The maximum Gasteiger partial charge on any atom is 0.178 e. The molecule has 20 heavy (non-hydrogen) atoms. The predicted octanol–water partition coefficient (Wildman–Crippen LogP) is 4.84. The summed E-state index contributed by atoms with van der Waals surface area (Å²) in [4.78, 5) is 3.17. The minimum absolute atomic E-state index is 0.167. The Kier molecular flexibility index (Phi) is 3.72. The van der Waals surface area contributed by atoms with E-state index < -0.39 is 0 Å². The first-order valence-electron chi connectivity index (χ1n) is 6.26. The van der Waals surface area contributed by atoms with Crippen LogP contribution in [0.3, 0.4) is 0 Å². The third-order valence-electron chi connectivity index (χ3n) is 3.30. The minimum atomic E-state index is -0.167. The summed E-state index contributed by atoms with van der Waals surface area (Å²) in [5.41, 5.74) is 2.73. The van der Waals surface area contributed by atoms with E-state index in [9.17, 15) is 4.39 Å². The molecular formula is C15H12BrFN2S. The third-order valence-corrected chi connectivity index (χ3v) is 4.12. The van der Waals surface area contributed by atoms with Crippen molar-refractivity contribution >= 4 is 39.2 Å². The molecule has 0 aliphatic heterocycles. The molecule has 0 saturated heterocycles. The lowest BCUT2D eigenvalue weighted by Crippen LogP contribution is -2.02. The van der Waals surface area contributed by atoms with Crippen LogP contribution < -0.4 is 0 Å². The van der Waals surface area contributed by atoms with Gasteiger partial charge in [-0.1, -0.05) is 34.1 Å². The van der Waals surface area contributed by atoms with E-state index in [0.29, 0.717) is 23.3 Å². The number of imidazole rings is 1. The quantitative estimate of drug-likeness (QED) is 0.670. The molecule has 0 unspecified atom stereocenters. The van der Waals surface area contributed by atoms with Gasteiger partial charge in [0.05, 0.1) is 11.0 Å². The Morgan fingerprint density at radius 2 is 2.00 bits per heavy atom. The van der Waals surface area contributed by atoms with Crippen LogP contribution in [0.1, 0.15) is 5.56 Å². The van der Waals surface area contributed by atoms with E-state index in [4.69, 9.17) is 12.2 Å². The number of H-pyrrole nitrogens is 1. The maximum absolute atomic E-state index is 13.6. The summed E-state index contributed by atoms with van der Waals surface area (Å²) >= 11 is 8.81. The number of aromatic nitrogens is 2. The molecule has 3 aromatic rings. The van der Waals surface area contributed by atoms with Crippen molar-refractivity contribution in [2.45, 2.75) is 13.0 Å². The first-order valence-corrected chi connectivity index (χ1v) is 7.47. The molecule has 1 aromatic heterocycles. The summed E-state index contributed by atoms with van der Waals surface area (Å²) in [6.07, 6.45) is 0.612. The van der Waals surface area contributed by atoms with E-state index in [-0.39, 0.29) is 5.82 Å². The number of aromatic amines is 1. The van der Waals surface area contributed by atoms with Crippen LogP contribution in [0.2, 0.25) is 0 Å². The van der Waals surface area contributed by atoms with E-state index >= 15 is 0 Å². The highest BCUT2D eigenvalue weighted by atomic mass is 79.9. The summed E-state index contributed by atoms with van der Waals surface area (Å²) in [7, 11) is 0. The number of nitrogens with one attached hydrogen (secondary N) is 1. The molecular weight excluding hydrogens is 339 g/mol. The van der Waals surface area contributed by atoms with Crippen LogP contribution in [0.4, 0.5) is 4.39 Å². The second-order valence-corrected chi connectivity index (χ2v) is 5.89. The van der Waals surface area contributed by atoms with Gasteiger partial charge in [0, 0.05) is 11.0 Å². The van der Waals surface area contributed by atoms with Gasteiger partial charge in [-0.15, -0.1) is 0 Å². The molecule has 2 nitrogen and oxygen atoms in total. The van der Waals surface area contributed by atoms with Crippen LogP contribution in [0.15, 0.2) is 46.9 Å². The summed E-state index contributed by atoms with van der Waals surface area (Å²) < 4.78 is 17.3. The molecule has 0 aliphatic rings. The van der Waals surface area contributed by atoms with Crippen molar-refractivity contribution in [3.63, 3.8) is 0 Å². The fraction of sp³-hybridized carbons (Fsp3) is 0.133. The lowest BCUT2D eigenvalue weighted by Gasteiger charge is -2.06. The van der Waals surface area contributed by atoms with Gasteiger partial charge >= 0.3 is 0 Å². The van der Waals surface area contributed by atoms with Crippen molar-refractivity contribution in [3.8, 4) is 0 Å². The standard InChI is InChI=1S/C15H12BrFN2S/c16-11-5-6-13-14(9-11)19(15(20)18-13)8-7-10-3-1-2-4-12(10)17/h1-6,9H,7-8H2,(H,18,20). The van der Waals surface area contributed by atoms with Crippen LogP contribution in [0.25, 0.3) is 11.0 Å². The zero-order valence-corrected chi connectivity index (χ0v) is 13.0. The van der Waals surface area contributed by atoms with Gasteiger partial charge in [-0.2, -0.15) is 0 Å². The Bertz CT molecular complexity index is 822. The van der Waals surface area contributed by atoms with Crippen molar-refractivity contribution in [1.82, 2.24) is 9.55 Å². The number of hydrogen-bond donors (Lipinski definition) is 1. The van der Waals surface area contributed by atoms with Crippen molar-refractivity contribution < 1.29 is 4.39 Å². The molecule has 0 fully saturated rings. The van der Waals surface area contributed by atoms with Crippen LogP contribution >= 0.6 is 28.1 Å². The molecule has 1 N–H and O–H groups in total. The number of fused-ring (bicyclic) bond motifs is 1. The number of benzene rings is 2. The van der Waals surface area contributed by atoms with Crippen LogP contribution in [0, 0.1) is 10.6 Å². The molecule has 1 heterocycles. The number of aryl methyl sites for hydroxylation is 2. The van der Waals surface area contributed by atoms with Crippen molar-refractivity contribution in [2.24, 2.45) is 0 Å². The Labute approximate surface area is 129 Å². The first-order chi connectivity index (χ1) is 9.65. The largest absolute Gasteiger partial charge is 0.331 e. The van der Waals surface area contributed by atoms with E-state index in [1.165, 1.54) is 6.07 Å². The summed E-state index contributed by atoms with van der Waals surface area (Å²) in [6, 6.07) is 12.8. The summed E-state index contributed by atoms with van der Waals surface area (Å²) in [6.45, 7) is 0.649. The lowest BCUT2D eigenvalue weighted by atomic mass is 10.1. The summed E-state index contributed by atoms with van der Waals surface area (Å²) in [5.74, 6) is -0.167. The van der Waals surface area contributed by atoms with Crippen LogP contribution in [0.5, 0.6) is 0 Å². The predicted molar refractivity (Wildman–Crippen MR) is 84.9 cm³/mol. The first kappa shape index (κ1) is 13.5. The molecule has 0 amide bonds. The third kappa shape index (κ3) is 2.55. The SMILES string of the molecule is Fc1ccccc1CCn1c(=S)[nH]c2ccc(Br)cc21. The average Bonchev–Trinajstić information content (AvgIpc) is 2.73. The van der Waals surface area contributed by atoms with Gasteiger partial charge in [-0.05, 0) is 48.5 Å². The van der Waals surface area contributed by atoms with Crippen LogP contribution in [-0.4, -0.2) is 9.55 Å². The molecule has 0 aliphatic carbocycles. The molecule has 0 radical (unpaired) electrons. The van der Waals surface area contributed by atoms with Gasteiger partial charge < -0.3 is 9.55 Å². The molecule has 0 spiro atoms. The zero-order chi connectivity index (χ0) is 14.1. The highest BCUT2D eigenvalue weighted by molar-refractivity contribution is 9.10. The molecule has 0 saturated carbocycles. The topological polar surface area (TPSA) is 20.7 Å². The highest BCUT2D eigenvalue weighted by Gasteiger charge is 2.06. The summed E-state index contributed by atoms with van der Waals surface area (Å²) in [5, 5.41) is 0. The lowest BCUT2D eigenvalue weighted by molar-refractivity contribution is 0.595. The molecule has 0 bridgehead atoms. The smallest absolute Gasteiger partial charge is 0.178 e.